The molecule has 0 aliphatic heterocycles. The molecule has 3 N–H and O–H groups in total. The van der Waals surface area contributed by atoms with E-state index in [1.165, 1.54) is 6.92 Å². The summed E-state index contributed by atoms with van der Waals surface area (Å²) >= 11 is 0. The molecule has 374 valence electrons. The van der Waals surface area contributed by atoms with Crippen LogP contribution >= 0.6 is 15.6 Å². The number of benzene rings is 4. The molecule has 6 aromatic rings. The first kappa shape index (κ1) is 62.3. The Morgan fingerprint density at radius 3 is 1.19 bits per heavy atom. The minimum Gasteiger partial charge on any atom is -0.410 e. The van der Waals surface area contributed by atoms with E-state index >= 15 is 0 Å². The van der Waals surface area contributed by atoms with E-state index in [2.05, 4.69) is 25.4 Å². The number of hydrogen-bond donors (Lipinski definition) is 3. The van der Waals surface area contributed by atoms with Gasteiger partial charge in [0.25, 0.3) is 0 Å². The third-order valence-electron chi connectivity index (χ3n) is 7.68. The van der Waals surface area contributed by atoms with Crippen LogP contribution in [0.2, 0.25) is 0 Å². The van der Waals surface area contributed by atoms with Crippen LogP contribution in [0.15, 0.2) is 155 Å². The Balaban J connectivity index is 0.000000839. The van der Waals surface area contributed by atoms with Gasteiger partial charge in [-0.3, -0.25) is 9.97 Å². The van der Waals surface area contributed by atoms with Gasteiger partial charge in [-0.2, -0.15) is 0 Å². The molecule has 0 fully saturated rings. The van der Waals surface area contributed by atoms with Crippen LogP contribution in [0.5, 0.6) is 5.75 Å². The zero-order valence-corrected chi connectivity index (χ0v) is 38.7. The van der Waals surface area contributed by atoms with Gasteiger partial charge in [0, 0.05) is 52.7 Å². The first-order valence-electron chi connectivity index (χ1n) is 17.2. The van der Waals surface area contributed by atoms with Gasteiger partial charge in [-0.25, -0.2) is 4.79 Å². The summed E-state index contributed by atoms with van der Waals surface area (Å²) in [5.41, 5.74) is 10.4. The van der Waals surface area contributed by atoms with Gasteiger partial charge in [-0.05, 0) is 35.4 Å². The number of hydrogen-bond acceptors (Lipinski definition) is 10. The van der Waals surface area contributed by atoms with Gasteiger partial charge in [-0.1, -0.05) is 126 Å². The number of phenolic OH excluding ortho intramolecular Hbond substituents is 1. The molecular formula is C40H33Ag3F12N5O5P2+. The third kappa shape index (κ3) is 21.9. The fourth-order valence-electron chi connectivity index (χ4n) is 5.57. The van der Waals surface area contributed by atoms with Crippen molar-refractivity contribution in [3.05, 3.63) is 173 Å². The fourth-order valence-corrected chi connectivity index (χ4v) is 5.57. The van der Waals surface area contributed by atoms with Crippen molar-refractivity contribution >= 4 is 38.7 Å². The van der Waals surface area contributed by atoms with Gasteiger partial charge in [0.2, 0.25) is 0 Å². The summed E-state index contributed by atoms with van der Waals surface area (Å²) in [6, 6.07) is 39.4. The van der Waals surface area contributed by atoms with E-state index < -0.39 is 21.6 Å². The summed E-state index contributed by atoms with van der Waals surface area (Å²) in [6.07, 6.45) is 3.41. The molecule has 2 aliphatic carbocycles. The number of carbonyl (C=O) groups excluding carboxylic acids is 1. The van der Waals surface area contributed by atoms with Gasteiger partial charge < -0.3 is 20.4 Å². The number of aromatic nitrogens is 2. The quantitative estimate of drug-likeness (QED) is 0.0303. The molecule has 67 heavy (non-hydrogen) atoms. The van der Waals surface area contributed by atoms with Crippen molar-refractivity contribution in [3.8, 4) is 28.0 Å². The minimum atomic E-state index is -10.7. The second kappa shape index (κ2) is 22.6. The second-order valence-corrected chi connectivity index (χ2v) is 16.4. The number of aromatic hydroxyl groups is 1. The van der Waals surface area contributed by atoms with E-state index in [1.807, 2.05) is 103 Å². The average Bonchev–Trinajstić information content (AvgIpc) is 3.69. The molecule has 10 nitrogen and oxygen atoms in total. The number of carbonyl (C=O) groups is 1. The molecule has 0 bridgehead atoms. The number of pyridine rings is 2. The Labute approximate surface area is 419 Å². The minimum absolute atomic E-state index is 0. The molecule has 2 heterocycles. The van der Waals surface area contributed by atoms with Crippen LogP contribution in [-0.4, -0.2) is 48.6 Å². The number of phenols is 1. The molecule has 0 atom stereocenters. The first-order valence-corrected chi connectivity index (χ1v) is 21.2. The van der Waals surface area contributed by atoms with Crippen LogP contribution in [0.3, 0.4) is 0 Å². The van der Waals surface area contributed by atoms with Crippen molar-refractivity contribution in [1.29, 1.82) is 0 Å². The predicted molar refractivity (Wildman–Crippen MR) is 220 cm³/mol. The summed E-state index contributed by atoms with van der Waals surface area (Å²) in [4.78, 5) is 24.1. The molecule has 0 unspecified atom stereocenters. The molecule has 2 aromatic heterocycles. The predicted octanol–water partition coefficient (Wildman–Crippen LogP) is 14.7. The normalized spacial score (nSPS) is 14.7. The average molecular weight is 1280 g/mol. The van der Waals surface area contributed by atoms with Crippen molar-refractivity contribution in [2.24, 2.45) is 15.5 Å². The summed E-state index contributed by atoms with van der Waals surface area (Å²) < 4.78 is 118. The molecule has 0 spiro atoms. The molecular weight excluding hydrogens is 1240 g/mol. The van der Waals surface area contributed by atoms with Crippen LogP contribution in [-0.2, 0) is 76.8 Å². The van der Waals surface area contributed by atoms with Crippen molar-refractivity contribution < 1.29 is 143 Å². The molecule has 0 radical (unpaired) electrons. The molecule has 0 saturated heterocycles. The topological polar surface area (TPSA) is 150 Å². The van der Waals surface area contributed by atoms with E-state index in [0.717, 1.165) is 50.3 Å². The summed E-state index contributed by atoms with van der Waals surface area (Å²) in [5.74, 6) is -0.430. The summed E-state index contributed by atoms with van der Waals surface area (Å²) in [7, 11) is -21.3. The van der Waals surface area contributed by atoms with Crippen LogP contribution in [0.25, 0.3) is 22.3 Å². The Bertz CT molecular complexity index is 2490. The fraction of sp³-hybridized carbons (Fsp3) is 0.0500. The van der Waals surface area contributed by atoms with Crippen molar-refractivity contribution in [1.82, 2.24) is 9.97 Å². The SMILES string of the molecule is C.CC(=O)ON=C(c1ccccc1)c1ccccc1O.F[P-](F)(F)(F)(F)F.F[P-](F)(F)(F)(F)F.ON=C1c2ccccc2-c2cccnc21.ON=C1c2ccccc2-c2cccnc21.[Ag+].[Ag+].[Ag+]. The van der Waals surface area contributed by atoms with E-state index in [4.69, 9.17) is 15.3 Å². The standard InChI is InChI=1S/C15H13NO3.2C12H8N2O.CH4.3Ag.2F6P/c1-11(17)19-16-15(12-7-3-2-4-8-12)13-9-5-6-10-14(13)18;2*15-14-12-10-5-2-1-4-8(10)9-6-3-7-13-11(9)12;;;;;2*1-7(2,3,4,5)6/h2-10,18H,1H3;2*1-7,15H;1H4;;;;;/q;;;;3*+1;2*-1. The first-order chi connectivity index (χ1) is 28.9. The zero-order chi connectivity index (χ0) is 47.0. The number of halogens is 12. The zero-order valence-electron chi connectivity index (χ0n) is 32.5. The summed E-state index contributed by atoms with van der Waals surface area (Å²) in [5, 5.41) is 38.4. The maximum Gasteiger partial charge on any atom is 1.00 e. The molecule has 27 heteroatoms. The van der Waals surface area contributed by atoms with E-state index in [1.54, 1.807) is 36.7 Å². The van der Waals surface area contributed by atoms with Gasteiger partial charge in [0.05, 0.1) is 0 Å². The van der Waals surface area contributed by atoms with E-state index in [-0.39, 0.29) is 80.3 Å². The molecule has 2 aliphatic rings. The number of fused-ring (bicyclic) bond motifs is 6. The number of para-hydroxylation sites is 1. The number of rotatable bonds is 3. The van der Waals surface area contributed by atoms with Gasteiger partial charge in [0.1, 0.15) is 34.3 Å². The molecule has 8 rings (SSSR count). The van der Waals surface area contributed by atoms with Crippen molar-refractivity contribution in [2.75, 3.05) is 0 Å². The largest absolute Gasteiger partial charge is 1.00 e. The Morgan fingerprint density at radius 2 is 0.836 bits per heavy atom. The van der Waals surface area contributed by atoms with Crippen LogP contribution in [0.4, 0.5) is 50.4 Å². The monoisotopic (exact) mass is 1270 g/mol. The Morgan fingerprint density at radius 1 is 0.507 bits per heavy atom. The van der Waals surface area contributed by atoms with Crippen LogP contribution < -0.4 is 0 Å². The van der Waals surface area contributed by atoms with Crippen molar-refractivity contribution in [2.45, 2.75) is 14.4 Å². The van der Waals surface area contributed by atoms with E-state index in [0.29, 0.717) is 22.7 Å². The Hall–Kier alpha value is -4.70. The van der Waals surface area contributed by atoms with Crippen LogP contribution in [0.1, 0.15) is 48.0 Å². The maximum absolute atomic E-state index is 10.9. The molecule has 4 aromatic carbocycles. The summed E-state index contributed by atoms with van der Waals surface area (Å²) in [6.45, 7) is 1.27. The van der Waals surface area contributed by atoms with Crippen LogP contribution in [0, 0.1) is 0 Å². The van der Waals surface area contributed by atoms with Crippen molar-refractivity contribution in [3.63, 3.8) is 0 Å². The number of oxime groups is 3. The molecule has 0 amide bonds. The van der Waals surface area contributed by atoms with Gasteiger partial charge in [-0.15, -0.1) is 0 Å². The van der Waals surface area contributed by atoms with Gasteiger partial charge in [0.15, 0.2) is 0 Å². The maximum atomic E-state index is 10.9. The smallest absolute Gasteiger partial charge is 0.410 e. The van der Waals surface area contributed by atoms with Gasteiger partial charge >= 0.3 is 139 Å². The number of nitrogens with zero attached hydrogens (tertiary/aromatic N) is 5. The Kier molecular flexibility index (Phi) is 21.0. The van der Waals surface area contributed by atoms with E-state index in [9.17, 15) is 60.3 Å². The second-order valence-electron chi connectivity index (χ2n) is 12.6. The molecule has 0 saturated carbocycles. The third-order valence-corrected chi connectivity index (χ3v) is 7.68.